The first-order valence-electron chi connectivity index (χ1n) is 6.74. The van der Waals surface area contributed by atoms with E-state index in [0.29, 0.717) is 29.0 Å². The largest absolute Gasteiger partial charge is 0.478 e. The van der Waals surface area contributed by atoms with E-state index in [0.717, 1.165) is 6.42 Å². The van der Waals surface area contributed by atoms with Crippen LogP contribution in [0, 0.1) is 6.92 Å². The minimum atomic E-state index is -1.02. The number of nitrogens with one attached hydrogen (secondary N) is 1. The fourth-order valence-electron chi connectivity index (χ4n) is 2.09. The molecule has 2 N–H and O–H groups in total. The lowest BCUT2D eigenvalue weighted by Gasteiger charge is -2.08. The fraction of sp³-hybridized carbons (Fsp3) is 0.250. The maximum Gasteiger partial charge on any atom is 0.336 e. The van der Waals surface area contributed by atoms with Crippen LogP contribution in [0.3, 0.4) is 0 Å². The molecule has 0 saturated heterocycles. The molecule has 0 aliphatic heterocycles. The molecule has 0 fully saturated rings. The average molecular weight is 287 g/mol. The number of aryl methyl sites for hydroxylation is 2. The van der Waals surface area contributed by atoms with Gasteiger partial charge >= 0.3 is 5.97 Å². The fourth-order valence-corrected chi connectivity index (χ4v) is 2.09. The molecular weight excluding hydrogens is 270 g/mol. The molecule has 1 amide bonds. The first-order chi connectivity index (χ1) is 10.0. The molecule has 0 aliphatic rings. The summed E-state index contributed by atoms with van der Waals surface area (Å²) in [5.41, 5.74) is 1.75. The molecule has 1 heterocycles. The number of hydrogen-bond acceptors (Lipinski definition) is 3. The Hall–Kier alpha value is -2.56. The van der Waals surface area contributed by atoms with E-state index in [1.54, 1.807) is 25.1 Å². The summed E-state index contributed by atoms with van der Waals surface area (Å²) in [4.78, 5) is 23.3. The highest BCUT2D eigenvalue weighted by atomic mass is 16.4. The molecule has 0 atom stereocenters. The first kappa shape index (κ1) is 14.8. The van der Waals surface area contributed by atoms with Crippen molar-refractivity contribution in [3.63, 3.8) is 0 Å². The van der Waals surface area contributed by atoms with Crippen LogP contribution in [0.1, 0.15) is 45.4 Å². The highest BCUT2D eigenvalue weighted by molar-refractivity contribution is 6.05. The van der Waals surface area contributed by atoms with Crippen molar-refractivity contribution in [2.45, 2.75) is 26.7 Å². The average Bonchev–Trinajstić information content (AvgIpc) is 2.89. The summed E-state index contributed by atoms with van der Waals surface area (Å²) in [6.07, 6.45) is 3.04. The minimum Gasteiger partial charge on any atom is -0.478 e. The summed E-state index contributed by atoms with van der Waals surface area (Å²) < 4.78 is 5.29. The molecule has 1 aromatic carbocycles. The Morgan fingerprint density at radius 3 is 2.67 bits per heavy atom. The van der Waals surface area contributed by atoms with Crippen molar-refractivity contribution in [1.29, 1.82) is 0 Å². The van der Waals surface area contributed by atoms with E-state index in [1.165, 1.54) is 12.3 Å². The Bertz CT molecular complexity index is 673. The van der Waals surface area contributed by atoms with E-state index in [4.69, 9.17) is 9.52 Å². The number of anilines is 1. The Morgan fingerprint density at radius 2 is 2.00 bits per heavy atom. The lowest BCUT2D eigenvalue weighted by Crippen LogP contribution is -2.13. The lowest BCUT2D eigenvalue weighted by atomic mass is 10.1. The molecule has 0 saturated carbocycles. The van der Waals surface area contributed by atoms with Crippen molar-refractivity contribution in [2.24, 2.45) is 0 Å². The molecule has 5 nitrogen and oxygen atoms in total. The molecule has 110 valence electrons. The number of carboxylic acid groups (broad SMARTS) is 1. The van der Waals surface area contributed by atoms with E-state index in [-0.39, 0.29) is 11.5 Å². The van der Waals surface area contributed by atoms with Gasteiger partial charge in [0.2, 0.25) is 0 Å². The number of amides is 1. The molecule has 0 spiro atoms. The number of rotatable bonds is 5. The van der Waals surface area contributed by atoms with E-state index in [2.05, 4.69) is 5.32 Å². The van der Waals surface area contributed by atoms with Gasteiger partial charge in [0.25, 0.3) is 5.91 Å². The molecule has 0 radical (unpaired) electrons. The zero-order chi connectivity index (χ0) is 15.4. The number of aromatic carboxylic acids is 1. The van der Waals surface area contributed by atoms with Crippen LogP contribution in [0.25, 0.3) is 0 Å². The second-order valence-corrected chi connectivity index (χ2v) is 4.80. The normalized spacial score (nSPS) is 10.4. The maximum absolute atomic E-state index is 12.2. The smallest absolute Gasteiger partial charge is 0.336 e. The molecule has 2 rings (SSSR count). The summed E-state index contributed by atoms with van der Waals surface area (Å²) in [5, 5.41) is 11.8. The SMILES string of the molecule is CCCc1occc1C(=O)Nc1ccc(C)c(C(=O)O)c1. The van der Waals surface area contributed by atoms with Crippen LogP contribution in [0.5, 0.6) is 0 Å². The van der Waals surface area contributed by atoms with Gasteiger partial charge < -0.3 is 14.8 Å². The number of carboxylic acids is 1. The molecule has 5 heteroatoms. The number of benzene rings is 1. The van der Waals surface area contributed by atoms with Gasteiger partial charge in [-0.05, 0) is 37.1 Å². The van der Waals surface area contributed by atoms with Crippen molar-refractivity contribution in [3.05, 3.63) is 53.0 Å². The molecule has 0 bridgehead atoms. The molecule has 2 aromatic rings. The van der Waals surface area contributed by atoms with E-state index in [1.807, 2.05) is 6.92 Å². The maximum atomic E-state index is 12.2. The second kappa shape index (κ2) is 6.26. The molecule has 0 unspecified atom stereocenters. The summed E-state index contributed by atoms with van der Waals surface area (Å²) in [7, 11) is 0. The Labute approximate surface area is 122 Å². The summed E-state index contributed by atoms with van der Waals surface area (Å²) in [5.74, 6) is -0.674. The van der Waals surface area contributed by atoms with Crippen LogP contribution in [0.4, 0.5) is 5.69 Å². The number of hydrogen-bond donors (Lipinski definition) is 2. The molecular formula is C16H17NO4. The summed E-state index contributed by atoms with van der Waals surface area (Å²) in [6, 6.07) is 6.42. The van der Waals surface area contributed by atoms with Crippen LogP contribution in [0.15, 0.2) is 34.9 Å². The van der Waals surface area contributed by atoms with Gasteiger partial charge in [-0.2, -0.15) is 0 Å². The van der Waals surface area contributed by atoms with E-state index < -0.39 is 5.97 Å². The number of carbonyl (C=O) groups excluding carboxylic acids is 1. The predicted molar refractivity (Wildman–Crippen MR) is 78.8 cm³/mol. The monoisotopic (exact) mass is 287 g/mol. The third-order valence-corrected chi connectivity index (χ3v) is 3.19. The van der Waals surface area contributed by atoms with Gasteiger partial charge in [-0.25, -0.2) is 4.79 Å². The first-order valence-corrected chi connectivity index (χ1v) is 6.74. The van der Waals surface area contributed by atoms with E-state index in [9.17, 15) is 9.59 Å². The van der Waals surface area contributed by atoms with Gasteiger partial charge in [-0.3, -0.25) is 4.79 Å². The van der Waals surface area contributed by atoms with Gasteiger partial charge in [-0.15, -0.1) is 0 Å². The Balaban J connectivity index is 2.21. The van der Waals surface area contributed by atoms with Crippen molar-refractivity contribution in [1.82, 2.24) is 0 Å². The van der Waals surface area contributed by atoms with Crippen molar-refractivity contribution < 1.29 is 19.1 Å². The Kier molecular flexibility index (Phi) is 4.42. The summed E-state index contributed by atoms with van der Waals surface area (Å²) >= 11 is 0. The number of furan rings is 1. The number of carbonyl (C=O) groups is 2. The third kappa shape index (κ3) is 3.31. The zero-order valence-electron chi connectivity index (χ0n) is 12.0. The zero-order valence-corrected chi connectivity index (χ0v) is 12.0. The third-order valence-electron chi connectivity index (χ3n) is 3.19. The van der Waals surface area contributed by atoms with Crippen LogP contribution < -0.4 is 5.32 Å². The van der Waals surface area contributed by atoms with Crippen molar-refractivity contribution in [2.75, 3.05) is 5.32 Å². The molecule has 21 heavy (non-hydrogen) atoms. The van der Waals surface area contributed by atoms with Crippen LogP contribution in [0.2, 0.25) is 0 Å². The van der Waals surface area contributed by atoms with Crippen LogP contribution in [-0.4, -0.2) is 17.0 Å². The van der Waals surface area contributed by atoms with Gasteiger partial charge in [-0.1, -0.05) is 13.0 Å². The van der Waals surface area contributed by atoms with E-state index >= 15 is 0 Å². The van der Waals surface area contributed by atoms with Gasteiger partial charge in [0.05, 0.1) is 17.4 Å². The van der Waals surface area contributed by atoms with Crippen LogP contribution >= 0.6 is 0 Å². The van der Waals surface area contributed by atoms with Crippen molar-refractivity contribution >= 4 is 17.6 Å². The highest BCUT2D eigenvalue weighted by Crippen LogP contribution is 2.18. The van der Waals surface area contributed by atoms with Crippen LogP contribution in [-0.2, 0) is 6.42 Å². The topological polar surface area (TPSA) is 79.5 Å². The molecule has 0 aliphatic carbocycles. The predicted octanol–water partition coefficient (Wildman–Crippen LogP) is 3.49. The quantitative estimate of drug-likeness (QED) is 0.882. The highest BCUT2D eigenvalue weighted by Gasteiger charge is 2.15. The van der Waals surface area contributed by atoms with Gasteiger partial charge in [0, 0.05) is 12.1 Å². The second-order valence-electron chi connectivity index (χ2n) is 4.80. The minimum absolute atomic E-state index is 0.175. The summed E-state index contributed by atoms with van der Waals surface area (Å²) in [6.45, 7) is 3.72. The lowest BCUT2D eigenvalue weighted by molar-refractivity contribution is 0.0695. The molecule has 1 aromatic heterocycles. The standard InChI is InChI=1S/C16H17NO4/c1-3-4-14-12(7-8-21-14)15(18)17-11-6-5-10(2)13(9-11)16(19)20/h5-9H,3-4H2,1-2H3,(H,17,18)(H,19,20). The van der Waals surface area contributed by atoms with Gasteiger partial charge in [0.1, 0.15) is 5.76 Å². The van der Waals surface area contributed by atoms with Crippen molar-refractivity contribution in [3.8, 4) is 0 Å². The van der Waals surface area contributed by atoms with Gasteiger partial charge in [0.15, 0.2) is 0 Å². The Morgan fingerprint density at radius 1 is 1.24 bits per heavy atom.